The number of benzene rings is 1. The maximum atomic E-state index is 11.9. The summed E-state index contributed by atoms with van der Waals surface area (Å²) in [5, 5.41) is 9.17. The molecule has 5 heteroatoms. The summed E-state index contributed by atoms with van der Waals surface area (Å²) in [6.07, 6.45) is 3.07. The number of carbonyl (C=O) groups is 2. The van der Waals surface area contributed by atoms with Gasteiger partial charge in [-0.15, -0.1) is 0 Å². The van der Waals surface area contributed by atoms with Crippen LogP contribution in [0, 0.1) is 0 Å². The van der Waals surface area contributed by atoms with Gasteiger partial charge in [-0.1, -0.05) is 42.5 Å². The fourth-order valence-corrected chi connectivity index (χ4v) is 2.01. The summed E-state index contributed by atoms with van der Waals surface area (Å²) in [6.45, 7) is 1.03. The van der Waals surface area contributed by atoms with E-state index >= 15 is 0 Å². The Bertz CT molecular complexity index is 498. The second-order valence-corrected chi connectivity index (χ2v) is 4.61. The molecule has 1 aliphatic heterocycles. The average molecular weight is 275 g/mol. The van der Waals surface area contributed by atoms with Gasteiger partial charge in [0.1, 0.15) is 0 Å². The minimum Gasteiger partial charge on any atom is -0.478 e. The Balaban J connectivity index is 1.97. The van der Waals surface area contributed by atoms with Gasteiger partial charge in [0.2, 0.25) is 6.10 Å². The number of carbonyl (C=O) groups excluding carboxylic acids is 1. The van der Waals surface area contributed by atoms with E-state index in [1.54, 1.807) is 0 Å². The first-order valence-electron chi connectivity index (χ1n) is 6.54. The van der Waals surface area contributed by atoms with Crippen LogP contribution >= 0.6 is 0 Å². The lowest BCUT2D eigenvalue weighted by Crippen LogP contribution is -2.39. The Morgan fingerprint density at radius 3 is 2.60 bits per heavy atom. The van der Waals surface area contributed by atoms with Crippen LogP contribution in [0.4, 0.5) is 4.79 Å². The molecule has 20 heavy (non-hydrogen) atoms. The zero-order chi connectivity index (χ0) is 14.4. The minimum absolute atomic E-state index is 0.172. The molecule has 0 aliphatic carbocycles. The molecular formula is C15H17NO4. The van der Waals surface area contributed by atoms with E-state index in [1.807, 2.05) is 42.5 Å². The molecule has 0 spiro atoms. The second kappa shape index (κ2) is 6.75. The van der Waals surface area contributed by atoms with Gasteiger partial charge in [0.25, 0.3) is 0 Å². The van der Waals surface area contributed by atoms with E-state index in [9.17, 15) is 14.7 Å². The number of aliphatic carboxylic acids is 1. The number of hydrogen-bond acceptors (Lipinski definition) is 3. The highest BCUT2D eigenvalue weighted by Gasteiger charge is 2.25. The SMILES string of the molecule is O=C(O)[C@H](Cc1ccccc1)OC(=O)N1CC=CCC1. The summed E-state index contributed by atoms with van der Waals surface area (Å²) in [4.78, 5) is 24.6. The normalized spacial score (nSPS) is 15.7. The van der Waals surface area contributed by atoms with Crippen LogP contribution in [0.15, 0.2) is 42.5 Å². The van der Waals surface area contributed by atoms with Crippen molar-refractivity contribution in [1.82, 2.24) is 4.90 Å². The predicted octanol–water partition coefficient (Wildman–Crippen LogP) is 2.08. The third-order valence-electron chi connectivity index (χ3n) is 3.10. The first kappa shape index (κ1) is 14.1. The van der Waals surface area contributed by atoms with Gasteiger partial charge in [-0.05, 0) is 12.0 Å². The number of carboxylic acids is 1. The molecule has 1 atom stereocenters. The van der Waals surface area contributed by atoms with Gasteiger partial charge in [-0.2, -0.15) is 0 Å². The highest BCUT2D eigenvalue weighted by atomic mass is 16.6. The van der Waals surface area contributed by atoms with Crippen molar-refractivity contribution >= 4 is 12.1 Å². The fourth-order valence-electron chi connectivity index (χ4n) is 2.01. The number of nitrogens with zero attached hydrogens (tertiary/aromatic N) is 1. The number of carboxylic acid groups (broad SMARTS) is 1. The van der Waals surface area contributed by atoms with E-state index in [4.69, 9.17) is 4.74 Å². The predicted molar refractivity (Wildman–Crippen MR) is 73.4 cm³/mol. The van der Waals surface area contributed by atoms with Gasteiger partial charge in [0, 0.05) is 19.5 Å². The molecule has 1 N–H and O–H groups in total. The van der Waals surface area contributed by atoms with Crippen molar-refractivity contribution < 1.29 is 19.4 Å². The van der Waals surface area contributed by atoms with E-state index in [0.717, 1.165) is 12.0 Å². The highest BCUT2D eigenvalue weighted by Crippen LogP contribution is 2.10. The molecule has 1 aromatic carbocycles. The Morgan fingerprint density at radius 1 is 1.25 bits per heavy atom. The third kappa shape index (κ3) is 3.85. The molecule has 1 aliphatic rings. The molecule has 106 valence electrons. The molecule has 0 aromatic heterocycles. The van der Waals surface area contributed by atoms with Crippen LogP contribution in [0.2, 0.25) is 0 Å². The fraction of sp³-hybridized carbons (Fsp3) is 0.333. The summed E-state index contributed by atoms with van der Waals surface area (Å²) >= 11 is 0. The topological polar surface area (TPSA) is 66.8 Å². The minimum atomic E-state index is -1.16. The zero-order valence-corrected chi connectivity index (χ0v) is 11.1. The molecule has 0 fully saturated rings. The molecule has 1 amide bonds. The summed E-state index contributed by atoms with van der Waals surface area (Å²) in [5.74, 6) is -1.13. The molecule has 1 heterocycles. The largest absolute Gasteiger partial charge is 0.478 e. The van der Waals surface area contributed by atoms with Gasteiger partial charge in [0.05, 0.1) is 0 Å². The number of ether oxygens (including phenoxy) is 1. The highest BCUT2D eigenvalue weighted by molar-refractivity contribution is 5.77. The summed E-state index contributed by atoms with van der Waals surface area (Å²) in [5.41, 5.74) is 0.825. The third-order valence-corrected chi connectivity index (χ3v) is 3.10. The molecule has 0 saturated heterocycles. The molecule has 5 nitrogen and oxygen atoms in total. The van der Waals surface area contributed by atoms with Gasteiger partial charge >= 0.3 is 12.1 Å². The zero-order valence-electron chi connectivity index (χ0n) is 11.1. The summed E-state index contributed by atoms with van der Waals surface area (Å²) in [7, 11) is 0. The molecule has 2 rings (SSSR count). The van der Waals surface area contributed by atoms with Crippen LogP contribution in [0.1, 0.15) is 12.0 Å². The van der Waals surface area contributed by atoms with E-state index in [2.05, 4.69) is 0 Å². The van der Waals surface area contributed by atoms with Crippen molar-refractivity contribution in [1.29, 1.82) is 0 Å². The second-order valence-electron chi connectivity index (χ2n) is 4.61. The summed E-state index contributed by atoms with van der Waals surface area (Å²) < 4.78 is 5.11. The van der Waals surface area contributed by atoms with Crippen molar-refractivity contribution in [2.75, 3.05) is 13.1 Å². The lowest BCUT2D eigenvalue weighted by molar-refractivity contribution is -0.147. The average Bonchev–Trinajstić information content (AvgIpc) is 2.48. The van der Waals surface area contributed by atoms with Gasteiger partial charge < -0.3 is 14.7 Å². The molecule has 0 saturated carbocycles. The van der Waals surface area contributed by atoms with Crippen LogP contribution in [0.5, 0.6) is 0 Å². The lowest BCUT2D eigenvalue weighted by Gasteiger charge is -2.24. The van der Waals surface area contributed by atoms with Crippen molar-refractivity contribution in [3.63, 3.8) is 0 Å². The van der Waals surface area contributed by atoms with Crippen LogP contribution in [0.3, 0.4) is 0 Å². The maximum absolute atomic E-state index is 11.9. The smallest absolute Gasteiger partial charge is 0.410 e. The standard InChI is InChI=1S/C15H17NO4/c17-14(18)13(11-12-7-3-1-4-8-12)20-15(19)16-9-5-2-6-10-16/h1-5,7-8,13H,6,9-11H2,(H,17,18)/t13-/m0/s1. The maximum Gasteiger partial charge on any atom is 0.410 e. The van der Waals surface area contributed by atoms with Gasteiger partial charge in [-0.3, -0.25) is 0 Å². The van der Waals surface area contributed by atoms with Crippen LogP contribution in [-0.4, -0.2) is 41.3 Å². The summed E-state index contributed by atoms with van der Waals surface area (Å²) in [6, 6.07) is 9.13. The monoisotopic (exact) mass is 275 g/mol. The van der Waals surface area contributed by atoms with E-state index in [1.165, 1.54) is 4.90 Å². The lowest BCUT2D eigenvalue weighted by atomic mass is 10.1. The first-order chi connectivity index (χ1) is 9.66. The van der Waals surface area contributed by atoms with E-state index < -0.39 is 18.2 Å². The van der Waals surface area contributed by atoms with Gasteiger partial charge in [0.15, 0.2) is 0 Å². The number of amides is 1. The van der Waals surface area contributed by atoms with Crippen LogP contribution in [0.25, 0.3) is 0 Å². The van der Waals surface area contributed by atoms with Crippen molar-refractivity contribution in [2.45, 2.75) is 18.9 Å². The Hall–Kier alpha value is -2.30. The molecule has 0 radical (unpaired) electrons. The van der Waals surface area contributed by atoms with Crippen LogP contribution in [-0.2, 0) is 16.0 Å². The van der Waals surface area contributed by atoms with E-state index in [0.29, 0.717) is 13.1 Å². The number of hydrogen-bond donors (Lipinski definition) is 1. The van der Waals surface area contributed by atoms with E-state index in [-0.39, 0.29) is 6.42 Å². The quantitative estimate of drug-likeness (QED) is 0.854. The van der Waals surface area contributed by atoms with Crippen molar-refractivity contribution in [2.24, 2.45) is 0 Å². The Labute approximate surface area is 117 Å². The molecule has 0 unspecified atom stereocenters. The van der Waals surface area contributed by atoms with Gasteiger partial charge in [-0.25, -0.2) is 9.59 Å². The van der Waals surface area contributed by atoms with Crippen molar-refractivity contribution in [3.8, 4) is 0 Å². The first-order valence-corrected chi connectivity index (χ1v) is 6.54. The molecule has 1 aromatic rings. The Morgan fingerprint density at radius 2 is 2.00 bits per heavy atom. The van der Waals surface area contributed by atoms with Crippen LogP contribution < -0.4 is 0 Å². The van der Waals surface area contributed by atoms with Crippen molar-refractivity contribution in [3.05, 3.63) is 48.0 Å². The molecule has 0 bridgehead atoms. The number of rotatable bonds is 4. The Kier molecular flexibility index (Phi) is 4.76. The molecular weight excluding hydrogens is 258 g/mol.